The molecule has 1 amide bonds. The van der Waals surface area contributed by atoms with Crippen molar-refractivity contribution in [3.8, 4) is 57.1 Å². The van der Waals surface area contributed by atoms with E-state index in [9.17, 15) is 4.79 Å². The van der Waals surface area contributed by atoms with Crippen molar-refractivity contribution in [2.75, 3.05) is 59.3 Å². The number of carbonyl (C=O) groups is 1. The van der Waals surface area contributed by atoms with Gasteiger partial charge in [0.1, 0.15) is 24.5 Å². The molecule has 0 unspecified atom stereocenters. The zero-order valence-corrected chi connectivity index (χ0v) is 40.4. The molecule has 6 heterocycles. The molecule has 368 valence electrons. The number of hydrogen-bond donors (Lipinski definition) is 2. The van der Waals surface area contributed by atoms with Gasteiger partial charge in [0.25, 0.3) is 11.6 Å². The molecule has 3 aliphatic heterocycles. The first-order valence-electron chi connectivity index (χ1n) is 25.5. The van der Waals surface area contributed by atoms with E-state index in [1.165, 1.54) is 89.9 Å². The van der Waals surface area contributed by atoms with Crippen LogP contribution in [0.25, 0.3) is 79.2 Å². The molecule has 3 aromatic carbocycles. The van der Waals surface area contributed by atoms with Crippen LogP contribution in [0.15, 0.2) is 60.7 Å². The third kappa shape index (κ3) is 12.6. The van der Waals surface area contributed by atoms with Gasteiger partial charge < -0.3 is 33.6 Å². The Balaban J connectivity index is 0.843. The lowest BCUT2D eigenvalue weighted by Gasteiger charge is -2.22. The average molecular weight is 952 g/mol. The fourth-order valence-corrected chi connectivity index (χ4v) is 9.06. The number of carbonyl (C=O) groups excluding carboxylic acids is 1. The van der Waals surface area contributed by atoms with Gasteiger partial charge in [0.2, 0.25) is 0 Å². The van der Waals surface area contributed by atoms with Crippen molar-refractivity contribution in [1.82, 2.24) is 55.0 Å². The fraction of sp³-hybridized carbons (Fsp3) is 0.491. The maximum atomic E-state index is 13.2. The number of nitrogens with zero attached hydrogens (tertiary/aromatic N) is 9. The molecule has 3 aromatic heterocycles. The number of unbranched alkanes of at least 4 members (excludes halogenated alkanes) is 15. The lowest BCUT2D eigenvalue weighted by molar-refractivity contribution is 0.0466. The van der Waals surface area contributed by atoms with Gasteiger partial charge in [-0.1, -0.05) is 152 Å². The van der Waals surface area contributed by atoms with Gasteiger partial charge in [-0.25, -0.2) is 24.7 Å². The minimum Gasteiger partial charge on any atom is -0.487 e. The maximum Gasteiger partial charge on any atom is 0.409 e. The molecular formula is C53H65N11O6. The summed E-state index contributed by atoms with van der Waals surface area (Å²) in [5, 5.41) is 9.89. The molecule has 0 radical (unpaired) electrons. The molecule has 17 nitrogen and oxygen atoms in total. The summed E-state index contributed by atoms with van der Waals surface area (Å²) in [6, 6.07) is 19.3. The van der Waals surface area contributed by atoms with Gasteiger partial charge >= 0.3 is 6.09 Å². The van der Waals surface area contributed by atoms with Crippen LogP contribution in [0.1, 0.15) is 110 Å². The van der Waals surface area contributed by atoms with Crippen LogP contribution < -0.4 is 9.47 Å². The number of aromatic nitrogens is 10. The zero-order valence-electron chi connectivity index (χ0n) is 40.4. The summed E-state index contributed by atoms with van der Waals surface area (Å²) >= 11 is 0. The molecule has 70 heavy (non-hydrogen) atoms. The van der Waals surface area contributed by atoms with Crippen molar-refractivity contribution in [3.63, 3.8) is 0 Å². The first-order valence-corrected chi connectivity index (χ1v) is 25.5. The Morgan fingerprint density at radius 3 is 1.37 bits per heavy atom. The van der Waals surface area contributed by atoms with Crippen LogP contribution in [0, 0.1) is 0 Å². The smallest absolute Gasteiger partial charge is 0.409 e. The monoisotopic (exact) mass is 952 g/mol. The molecule has 0 saturated heterocycles. The van der Waals surface area contributed by atoms with E-state index < -0.39 is 0 Å². The van der Waals surface area contributed by atoms with E-state index in [0.717, 1.165) is 45.9 Å². The molecule has 0 fully saturated rings. The predicted octanol–water partition coefficient (Wildman–Crippen LogP) is 11.0. The number of aromatic amines is 2. The molecule has 0 spiro atoms. The maximum absolute atomic E-state index is 13.2. The van der Waals surface area contributed by atoms with Crippen molar-refractivity contribution < 1.29 is 28.5 Å². The molecule has 0 aliphatic carbocycles. The number of fused-ring (bicyclic) bond motifs is 18. The van der Waals surface area contributed by atoms with E-state index in [1.807, 2.05) is 60.7 Å². The van der Waals surface area contributed by atoms with E-state index in [-0.39, 0.29) is 44.1 Å². The summed E-state index contributed by atoms with van der Waals surface area (Å²) in [7, 11) is 0. The van der Waals surface area contributed by atoms with E-state index >= 15 is 0 Å². The third-order valence-corrected chi connectivity index (χ3v) is 12.9. The van der Waals surface area contributed by atoms with Crippen molar-refractivity contribution in [2.24, 2.45) is 0 Å². The third-order valence-electron chi connectivity index (χ3n) is 12.9. The molecule has 17 heteroatoms. The SMILES string of the molecule is CCCCCCCCCCCCCCCCCCOC(=O)N1CCOCCOc2cc3c4nc5nc(nc6nnc(nc7nc(nc([nH]4)c3cc2OCCOCC1)-c1ccccc1-7)[nH]6)-c1ccccc1-5. The fourth-order valence-electron chi connectivity index (χ4n) is 9.06. The van der Waals surface area contributed by atoms with Crippen molar-refractivity contribution >= 4 is 39.7 Å². The summed E-state index contributed by atoms with van der Waals surface area (Å²) in [5.41, 5.74) is 4.20. The Hall–Kier alpha value is -6.59. The van der Waals surface area contributed by atoms with Crippen molar-refractivity contribution in [2.45, 2.75) is 110 Å². The summed E-state index contributed by atoms with van der Waals surface area (Å²) in [4.78, 5) is 50.7. The molecule has 3 aliphatic rings. The van der Waals surface area contributed by atoms with Gasteiger partial charge in [-0.05, 0) is 18.6 Å². The minimum absolute atomic E-state index is 0.231. The molecule has 2 N–H and O–H groups in total. The lowest BCUT2D eigenvalue weighted by atomic mass is 10.0. The topological polar surface area (TPSA) is 201 Å². The Kier molecular flexibility index (Phi) is 17.2. The average Bonchev–Trinajstić information content (AvgIpc) is 4.14. The quantitative estimate of drug-likeness (QED) is 0.0816. The van der Waals surface area contributed by atoms with E-state index in [2.05, 4.69) is 27.1 Å². The summed E-state index contributed by atoms with van der Waals surface area (Å²) in [6.45, 7) is 5.09. The Labute approximate surface area is 408 Å². The van der Waals surface area contributed by atoms with Gasteiger partial charge in [-0.15, -0.1) is 10.2 Å². The minimum atomic E-state index is -0.349. The van der Waals surface area contributed by atoms with Crippen LogP contribution in [0.4, 0.5) is 4.79 Å². The molecule has 0 atom stereocenters. The normalized spacial score (nSPS) is 14.2. The highest BCUT2D eigenvalue weighted by Crippen LogP contribution is 2.39. The highest BCUT2D eigenvalue weighted by molar-refractivity contribution is 6.06. The number of amides is 1. The van der Waals surface area contributed by atoms with E-state index in [4.69, 9.17) is 53.6 Å². The number of ether oxygens (including phenoxy) is 5. The second kappa shape index (κ2) is 24.8. The van der Waals surface area contributed by atoms with Crippen LogP contribution >= 0.6 is 0 Å². The Morgan fingerprint density at radius 1 is 0.514 bits per heavy atom. The van der Waals surface area contributed by atoms with Crippen molar-refractivity contribution in [1.29, 1.82) is 0 Å². The Morgan fingerprint density at radius 2 is 0.929 bits per heavy atom. The van der Waals surface area contributed by atoms with E-state index in [0.29, 0.717) is 79.0 Å². The van der Waals surface area contributed by atoms with Crippen LogP contribution in [-0.2, 0) is 14.2 Å². The molecule has 6 aromatic rings. The van der Waals surface area contributed by atoms with Crippen LogP contribution in [0.2, 0.25) is 0 Å². The number of H-pyrrole nitrogens is 2. The van der Waals surface area contributed by atoms with Gasteiger partial charge in [0.15, 0.2) is 34.8 Å². The van der Waals surface area contributed by atoms with Crippen LogP contribution in [0.5, 0.6) is 11.5 Å². The summed E-state index contributed by atoms with van der Waals surface area (Å²) < 4.78 is 30.4. The molecular weight excluding hydrogens is 887 g/mol. The lowest BCUT2D eigenvalue weighted by Crippen LogP contribution is -2.37. The molecule has 8 bridgehead atoms. The highest BCUT2D eigenvalue weighted by atomic mass is 16.6. The number of hydrogen-bond acceptors (Lipinski definition) is 14. The highest BCUT2D eigenvalue weighted by Gasteiger charge is 2.23. The predicted molar refractivity (Wildman–Crippen MR) is 269 cm³/mol. The summed E-state index contributed by atoms with van der Waals surface area (Å²) in [5.74, 6) is 3.25. The van der Waals surface area contributed by atoms with Gasteiger partial charge in [-0.2, -0.15) is 9.97 Å². The Bertz CT molecular complexity index is 2690. The number of nitrogens with one attached hydrogen (secondary N) is 2. The van der Waals surface area contributed by atoms with Crippen LogP contribution in [0.3, 0.4) is 0 Å². The van der Waals surface area contributed by atoms with E-state index in [1.54, 1.807) is 4.90 Å². The van der Waals surface area contributed by atoms with Crippen LogP contribution in [-0.4, -0.2) is 120 Å². The first-order chi connectivity index (χ1) is 34.6. The standard InChI is InChI=1S/C53H65N11O6/c1-2-3-4-5-6-7-8-9-10-11-12-13-14-15-16-21-28-70-53(65)64-26-29-66-31-33-68-43-35-41-42(36-44(43)69-34-32-67-30-27-64)50-57-46-38-23-18-20-25-40(38)48(55-46)60-52-61-51(62-63-52)59-47-39-24-19-17-22-37(39)45(54-47)56-49(41)58-50/h17-20,22-25,35-36H,2-16,21,26-34H2,1H3,(H2,54,55,56,57,58,59,60,61,62,63). The van der Waals surface area contributed by atoms with Gasteiger partial charge in [0.05, 0.1) is 33.0 Å². The van der Waals surface area contributed by atoms with Crippen molar-refractivity contribution in [3.05, 3.63) is 60.7 Å². The second-order valence-electron chi connectivity index (χ2n) is 18.0. The first kappa shape index (κ1) is 48.4. The molecule has 0 saturated carbocycles. The zero-order chi connectivity index (χ0) is 47.7. The largest absolute Gasteiger partial charge is 0.487 e. The number of rotatable bonds is 17. The molecule has 9 rings (SSSR count). The van der Waals surface area contributed by atoms with Gasteiger partial charge in [0, 0.05) is 46.1 Å². The second-order valence-corrected chi connectivity index (χ2v) is 18.0. The summed E-state index contributed by atoms with van der Waals surface area (Å²) in [6.07, 6.45) is 20.4. The van der Waals surface area contributed by atoms with Gasteiger partial charge in [-0.3, -0.25) is 4.98 Å². The number of benzene rings is 3.